The van der Waals surface area contributed by atoms with Gasteiger partial charge in [0.25, 0.3) is 0 Å². The fraction of sp³-hybridized carbons (Fsp3) is 0.286. The Morgan fingerprint density at radius 3 is 1.03 bits per heavy atom. The van der Waals surface area contributed by atoms with E-state index < -0.39 is 0 Å². The van der Waals surface area contributed by atoms with Gasteiger partial charge in [-0.05, 0) is 133 Å². The number of piperazine rings is 4. The Bertz CT molecular complexity index is 5370. The molecule has 24 nitrogen and oxygen atoms in total. The third-order valence-corrected chi connectivity index (χ3v) is 20.0. The second-order valence-corrected chi connectivity index (χ2v) is 28.3. The van der Waals surface area contributed by atoms with Crippen molar-refractivity contribution in [2.24, 2.45) is 11.8 Å². The van der Waals surface area contributed by atoms with E-state index in [2.05, 4.69) is 240 Å². The normalized spacial score (nSPS) is 16.1. The minimum Gasteiger partial charge on any atom is -0.354 e. The SMILES string of the molecule is C=Cc1ccc(N2CCNCC2)nc1-c1[nH]nc2ncccc12.C=Cc1ccc(N2CCN[C@@H](CC(C)C)C2)nc1-c1[nH]nc2ncccc12.CC(C)C[C@H]1CN(c2ccc(-c3ccccc3)c(-c3[nH]nc4ncccc34)n2)CCN1.[HH].[HH].[HH].[HH].c1ccc(-c2ccc(N3CCNCC3)nc2-c2[nH]nc3ncccc23)cc1. The predicted molar refractivity (Wildman–Crippen MR) is 445 cm³/mol. The fourth-order valence-corrected chi connectivity index (χ4v) is 14.8. The van der Waals surface area contributed by atoms with Gasteiger partial charge < -0.3 is 40.9 Å². The summed E-state index contributed by atoms with van der Waals surface area (Å²) in [5.41, 5.74) is 16.4. The van der Waals surface area contributed by atoms with Gasteiger partial charge in [-0.25, -0.2) is 39.9 Å². The first-order chi connectivity index (χ1) is 53.1. The number of hydrogen-bond acceptors (Lipinski definition) is 20. The van der Waals surface area contributed by atoms with E-state index >= 15 is 0 Å². The van der Waals surface area contributed by atoms with E-state index in [1.165, 1.54) is 12.8 Å². The highest BCUT2D eigenvalue weighted by molar-refractivity contribution is 5.97. The molecule has 0 unspecified atom stereocenters. The Kier molecular flexibility index (Phi) is 22.3. The zero-order valence-electron chi connectivity index (χ0n) is 61.7. The standard InChI is InChI=1S/C25H28N6.C21H20N6.C21H26N6.C17H18N6.4H2/c1-17(2)15-19-16-31(14-13-26-19)22-11-10-20(18-7-4-3-5-8-18)23(28-22)24-21-9-6-12-27-25(21)30-29-24;1-2-5-15(6-3-1)16-8-9-18(27-13-11-22-12-14-27)24-19(16)20-17-7-4-10-23-21(17)26-25-20;1-4-15-7-8-18(27-11-10-22-16(13-27)12-14(2)3)24-19(15)20-17-6-5-9-23-21(17)26-25-20;1-2-12-5-6-14(23-10-8-18-9-11-23)20-15(12)16-13-4-3-7-19-17(13)22-21-16;;;;/h3-12,17,19,26H,13-16H2,1-2H3,(H,27,29,30);1-10,22H,11-14H2,(H,23,25,26);4-9,14,16,22H,1,10-13H2,2-3H3,(H,23,25,26);2-7,18H,1,8-11H2,(H,19,21,22);4*1H/t19-;;16-;;;;;/m0.0...../s1. The molecule has 4 fully saturated rings. The summed E-state index contributed by atoms with van der Waals surface area (Å²) < 4.78 is 0. The van der Waals surface area contributed by atoms with Crippen molar-refractivity contribution in [3.63, 3.8) is 0 Å². The highest BCUT2D eigenvalue weighted by atomic mass is 15.3. The van der Waals surface area contributed by atoms with Gasteiger partial charge in [0.1, 0.15) is 23.3 Å². The molecule has 12 aromatic heterocycles. The van der Waals surface area contributed by atoms with Crippen LogP contribution in [0.1, 0.15) is 57.4 Å². The van der Waals surface area contributed by atoms with E-state index in [0.717, 1.165) is 215 Å². The van der Waals surface area contributed by atoms with Crippen LogP contribution < -0.4 is 40.9 Å². The van der Waals surface area contributed by atoms with E-state index in [1.54, 1.807) is 24.8 Å². The first kappa shape index (κ1) is 71.6. The molecule has 18 rings (SSSR count). The Morgan fingerprint density at radius 2 is 0.685 bits per heavy atom. The third-order valence-electron chi connectivity index (χ3n) is 20.0. The molecule has 0 radical (unpaired) electrons. The quantitative estimate of drug-likeness (QED) is 0.0446. The number of H-pyrrole nitrogens is 4. The zero-order valence-corrected chi connectivity index (χ0v) is 61.7. The molecule has 4 aliphatic rings. The van der Waals surface area contributed by atoms with E-state index in [-0.39, 0.29) is 5.71 Å². The number of aromatic amines is 4. The average molecular weight is 1450 g/mol. The van der Waals surface area contributed by atoms with Crippen LogP contribution in [0.15, 0.2) is 196 Å². The molecule has 0 amide bonds. The van der Waals surface area contributed by atoms with Gasteiger partial charge in [0.15, 0.2) is 22.6 Å². The molecule has 0 aliphatic carbocycles. The van der Waals surface area contributed by atoms with Crippen LogP contribution in [0.25, 0.3) is 124 Å². The van der Waals surface area contributed by atoms with Crippen molar-refractivity contribution in [2.45, 2.75) is 52.6 Å². The molecule has 4 saturated heterocycles. The number of nitrogens with zero attached hydrogens (tertiary/aromatic N) is 16. The number of aromatic nitrogens is 16. The van der Waals surface area contributed by atoms with Gasteiger partial charge in [-0.2, -0.15) is 20.4 Å². The van der Waals surface area contributed by atoms with Crippen LogP contribution in [-0.2, 0) is 0 Å². The lowest BCUT2D eigenvalue weighted by atomic mass is 10.00. The van der Waals surface area contributed by atoms with E-state index in [9.17, 15) is 0 Å². The smallest absolute Gasteiger partial charge is 0.181 e. The summed E-state index contributed by atoms with van der Waals surface area (Å²) in [4.78, 5) is 46.9. The Morgan fingerprint density at radius 1 is 0.370 bits per heavy atom. The molecule has 14 aromatic rings. The first-order valence-corrected chi connectivity index (χ1v) is 37.6. The van der Waals surface area contributed by atoms with Crippen LogP contribution >= 0.6 is 0 Å². The predicted octanol–water partition coefficient (Wildman–Crippen LogP) is 14.2. The molecular weight excluding hydrogens is 1350 g/mol. The van der Waals surface area contributed by atoms with Gasteiger partial charge in [0, 0.05) is 178 Å². The highest BCUT2D eigenvalue weighted by Gasteiger charge is 2.27. The minimum absolute atomic E-state index is 0. The summed E-state index contributed by atoms with van der Waals surface area (Å²) in [6, 6.07) is 54.5. The lowest BCUT2D eigenvalue weighted by Crippen LogP contribution is -2.51. The molecule has 2 aromatic carbocycles. The lowest BCUT2D eigenvalue weighted by Gasteiger charge is -2.35. The molecule has 108 heavy (non-hydrogen) atoms. The van der Waals surface area contributed by atoms with Crippen LogP contribution in [-0.4, -0.2) is 184 Å². The zero-order chi connectivity index (χ0) is 73.7. The molecule has 24 heteroatoms. The maximum Gasteiger partial charge on any atom is 0.181 e. The van der Waals surface area contributed by atoms with E-state index in [1.807, 2.05) is 72.8 Å². The maximum atomic E-state index is 5.18. The lowest BCUT2D eigenvalue weighted by molar-refractivity contribution is 0.387. The van der Waals surface area contributed by atoms with Crippen molar-refractivity contribution < 1.29 is 5.71 Å². The van der Waals surface area contributed by atoms with Crippen LogP contribution in [0.5, 0.6) is 0 Å². The molecule has 2 atom stereocenters. The molecule has 0 spiro atoms. The molecular formula is C84H100N24. The van der Waals surface area contributed by atoms with E-state index in [4.69, 9.17) is 19.9 Å². The van der Waals surface area contributed by atoms with Crippen LogP contribution in [0, 0.1) is 11.8 Å². The Balaban J connectivity index is 0.000000147. The van der Waals surface area contributed by atoms with Crippen molar-refractivity contribution in [3.8, 4) is 67.8 Å². The number of nitrogens with one attached hydrogen (secondary N) is 8. The van der Waals surface area contributed by atoms with Crippen LogP contribution in [0.3, 0.4) is 0 Å². The number of hydrogen-bond donors (Lipinski definition) is 8. The van der Waals surface area contributed by atoms with Crippen LogP contribution in [0.2, 0.25) is 0 Å². The van der Waals surface area contributed by atoms with Crippen molar-refractivity contribution in [2.75, 3.05) is 111 Å². The number of pyridine rings is 8. The average Bonchev–Trinajstić information content (AvgIpc) is 1.56. The van der Waals surface area contributed by atoms with Crippen molar-refractivity contribution in [3.05, 3.63) is 207 Å². The molecule has 556 valence electrons. The van der Waals surface area contributed by atoms with Crippen molar-refractivity contribution >= 4 is 79.6 Å². The monoisotopic (exact) mass is 1440 g/mol. The Hall–Kier alpha value is -12.0. The summed E-state index contributed by atoms with van der Waals surface area (Å²) in [5, 5.41) is 47.9. The van der Waals surface area contributed by atoms with Crippen molar-refractivity contribution in [1.29, 1.82) is 0 Å². The molecule has 0 saturated carbocycles. The number of anilines is 4. The molecule has 16 heterocycles. The summed E-state index contributed by atoms with van der Waals surface area (Å²) in [6.07, 6.45) is 13.0. The Labute approximate surface area is 634 Å². The van der Waals surface area contributed by atoms with Gasteiger partial charge in [-0.1, -0.05) is 114 Å². The second-order valence-electron chi connectivity index (χ2n) is 28.3. The fourth-order valence-electron chi connectivity index (χ4n) is 14.8. The summed E-state index contributed by atoms with van der Waals surface area (Å²) in [5.74, 6) is 5.34. The summed E-state index contributed by atoms with van der Waals surface area (Å²) in [7, 11) is 0. The number of benzene rings is 2. The minimum atomic E-state index is 0. The molecule has 0 bridgehead atoms. The number of fused-ring (bicyclic) bond motifs is 4. The summed E-state index contributed by atoms with van der Waals surface area (Å²) >= 11 is 0. The third kappa shape index (κ3) is 16.2. The maximum absolute atomic E-state index is 5.18. The van der Waals surface area contributed by atoms with Gasteiger partial charge in [0.2, 0.25) is 0 Å². The van der Waals surface area contributed by atoms with Gasteiger partial charge in [-0.15, -0.1) is 0 Å². The van der Waals surface area contributed by atoms with Gasteiger partial charge in [-0.3, -0.25) is 20.4 Å². The van der Waals surface area contributed by atoms with Gasteiger partial charge >= 0.3 is 0 Å². The largest absolute Gasteiger partial charge is 0.354 e. The summed E-state index contributed by atoms with van der Waals surface area (Å²) in [6.45, 7) is 30.6. The number of rotatable bonds is 16. The van der Waals surface area contributed by atoms with Crippen molar-refractivity contribution in [1.82, 2.24) is 102 Å². The second kappa shape index (κ2) is 33.7. The molecule has 8 N–H and O–H groups in total. The van der Waals surface area contributed by atoms with E-state index in [0.29, 0.717) is 46.5 Å². The van der Waals surface area contributed by atoms with Crippen LogP contribution in [0.4, 0.5) is 23.3 Å². The van der Waals surface area contributed by atoms with Gasteiger partial charge in [0.05, 0.1) is 45.6 Å². The molecule has 4 aliphatic heterocycles. The highest BCUT2D eigenvalue weighted by Crippen LogP contribution is 2.38. The topological polar surface area (TPSA) is 279 Å². The first-order valence-electron chi connectivity index (χ1n) is 37.6.